The van der Waals surface area contributed by atoms with Crippen LogP contribution in [0.1, 0.15) is 5.56 Å². The molecule has 0 radical (unpaired) electrons. The average Bonchev–Trinajstić information content (AvgIpc) is 2.69. The molecule has 0 aliphatic rings. The zero-order valence-electron chi connectivity index (χ0n) is 9.18. The lowest BCUT2D eigenvalue weighted by Crippen LogP contribution is -1.98. The quantitative estimate of drug-likeness (QED) is 0.654. The first-order valence-corrected chi connectivity index (χ1v) is 6.56. The lowest BCUT2D eigenvalue weighted by atomic mass is 10.2. The molecule has 0 spiro atoms. The monoisotopic (exact) mass is 334 g/mol. The Morgan fingerprint density at radius 2 is 1.88 bits per heavy atom. The molecule has 2 nitrogen and oxygen atoms in total. The molecule has 0 N–H and O–H groups in total. The van der Waals surface area contributed by atoms with E-state index in [2.05, 4.69) is 68.7 Å². The number of halogens is 1. The summed E-state index contributed by atoms with van der Waals surface area (Å²) in [6.45, 7) is 0.872. The Bertz CT molecular complexity index is 644. The highest BCUT2D eigenvalue weighted by atomic mass is 127. The van der Waals surface area contributed by atoms with Crippen molar-refractivity contribution < 1.29 is 0 Å². The summed E-state index contributed by atoms with van der Waals surface area (Å²) in [6.07, 6.45) is 4.01. The van der Waals surface area contributed by atoms with Crippen LogP contribution in [0.4, 0.5) is 0 Å². The summed E-state index contributed by atoms with van der Waals surface area (Å²) in [5.41, 5.74) is 2.35. The van der Waals surface area contributed by atoms with Gasteiger partial charge in [0.2, 0.25) is 0 Å². The van der Waals surface area contributed by atoms with Crippen LogP contribution in [-0.2, 0) is 6.54 Å². The van der Waals surface area contributed by atoms with Gasteiger partial charge in [-0.2, -0.15) is 0 Å². The fraction of sp³-hybridized carbons (Fsp3) is 0.0714. The number of hydrogen-bond donors (Lipinski definition) is 0. The summed E-state index contributed by atoms with van der Waals surface area (Å²) in [6, 6.07) is 14.6. The minimum atomic E-state index is 0.872. The van der Waals surface area contributed by atoms with Gasteiger partial charge in [0.05, 0.1) is 0 Å². The molecular weight excluding hydrogens is 323 g/mol. The Kier molecular flexibility index (Phi) is 2.84. The largest absolute Gasteiger partial charge is 0.327 e. The Morgan fingerprint density at radius 1 is 1.06 bits per heavy atom. The zero-order valence-corrected chi connectivity index (χ0v) is 11.3. The molecule has 3 aromatic rings. The van der Waals surface area contributed by atoms with Crippen LogP contribution < -0.4 is 0 Å². The Balaban J connectivity index is 2.07. The molecule has 0 fully saturated rings. The number of aromatic nitrogens is 2. The highest BCUT2D eigenvalue weighted by Crippen LogP contribution is 2.21. The standard InChI is InChI=1S/C14H11IN2/c15-13-10-17(9-11-5-2-1-3-6-11)14-12(13)7-4-8-16-14/h1-8,10H,9H2. The van der Waals surface area contributed by atoms with Crippen molar-refractivity contribution in [2.45, 2.75) is 6.54 Å². The molecule has 0 bridgehead atoms. The molecule has 0 atom stereocenters. The van der Waals surface area contributed by atoms with Crippen LogP contribution in [-0.4, -0.2) is 9.55 Å². The molecule has 3 rings (SSSR count). The van der Waals surface area contributed by atoms with E-state index in [9.17, 15) is 0 Å². The van der Waals surface area contributed by atoms with Gasteiger partial charge in [-0.05, 0) is 40.3 Å². The topological polar surface area (TPSA) is 17.8 Å². The third kappa shape index (κ3) is 2.07. The first kappa shape index (κ1) is 10.8. The van der Waals surface area contributed by atoms with E-state index in [4.69, 9.17) is 0 Å². The van der Waals surface area contributed by atoms with Gasteiger partial charge in [-0.3, -0.25) is 0 Å². The van der Waals surface area contributed by atoms with Crippen molar-refractivity contribution in [1.29, 1.82) is 0 Å². The van der Waals surface area contributed by atoms with E-state index in [1.165, 1.54) is 14.5 Å². The minimum Gasteiger partial charge on any atom is -0.327 e. The van der Waals surface area contributed by atoms with Crippen molar-refractivity contribution in [2.24, 2.45) is 0 Å². The summed E-state index contributed by atoms with van der Waals surface area (Å²) in [7, 11) is 0. The molecular formula is C14H11IN2. The van der Waals surface area contributed by atoms with Gasteiger partial charge >= 0.3 is 0 Å². The van der Waals surface area contributed by atoms with E-state index in [1.807, 2.05) is 18.3 Å². The third-order valence-electron chi connectivity index (χ3n) is 2.78. The summed E-state index contributed by atoms with van der Waals surface area (Å²) >= 11 is 2.36. The first-order chi connectivity index (χ1) is 8.34. The van der Waals surface area contributed by atoms with Gasteiger partial charge in [0.25, 0.3) is 0 Å². The molecule has 0 amide bonds. The van der Waals surface area contributed by atoms with E-state index >= 15 is 0 Å². The van der Waals surface area contributed by atoms with Gasteiger partial charge in [-0.15, -0.1) is 0 Å². The second-order valence-corrected chi connectivity index (χ2v) is 5.13. The van der Waals surface area contributed by atoms with Crippen LogP contribution in [0, 0.1) is 3.57 Å². The second-order valence-electron chi connectivity index (χ2n) is 3.97. The maximum Gasteiger partial charge on any atom is 0.141 e. The number of hydrogen-bond acceptors (Lipinski definition) is 1. The van der Waals surface area contributed by atoms with E-state index in [0.717, 1.165) is 12.2 Å². The molecule has 1 aromatic carbocycles. The first-order valence-electron chi connectivity index (χ1n) is 5.48. The lowest BCUT2D eigenvalue weighted by Gasteiger charge is -2.04. The maximum absolute atomic E-state index is 4.46. The Hall–Kier alpha value is -1.36. The van der Waals surface area contributed by atoms with Crippen LogP contribution in [0.15, 0.2) is 54.9 Å². The van der Waals surface area contributed by atoms with E-state index in [1.54, 1.807) is 0 Å². The van der Waals surface area contributed by atoms with Gasteiger partial charge in [0.1, 0.15) is 5.65 Å². The molecule has 84 valence electrons. The smallest absolute Gasteiger partial charge is 0.141 e. The van der Waals surface area contributed by atoms with Crippen molar-refractivity contribution in [2.75, 3.05) is 0 Å². The van der Waals surface area contributed by atoms with Crippen molar-refractivity contribution in [3.63, 3.8) is 0 Å². The zero-order chi connectivity index (χ0) is 11.7. The van der Waals surface area contributed by atoms with Crippen LogP contribution in [0.3, 0.4) is 0 Å². The third-order valence-corrected chi connectivity index (χ3v) is 3.64. The van der Waals surface area contributed by atoms with Gasteiger partial charge in [0, 0.05) is 27.9 Å². The predicted octanol–water partition coefficient (Wildman–Crippen LogP) is 3.69. The molecule has 0 aliphatic heterocycles. The fourth-order valence-corrected chi connectivity index (χ4v) is 2.74. The summed E-state index contributed by atoms with van der Waals surface area (Å²) in [4.78, 5) is 4.46. The van der Waals surface area contributed by atoms with Crippen LogP contribution in [0.5, 0.6) is 0 Å². The summed E-state index contributed by atoms with van der Waals surface area (Å²) in [5, 5.41) is 1.23. The van der Waals surface area contributed by atoms with Crippen LogP contribution in [0.2, 0.25) is 0 Å². The van der Waals surface area contributed by atoms with E-state index in [0.29, 0.717) is 0 Å². The fourth-order valence-electron chi connectivity index (χ4n) is 1.98. The molecule has 17 heavy (non-hydrogen) atoms. The maximum atomic E-state index is 4.46. The molecule has 2 heterocycles. The lowest BCUT2D eigenvalue weighted by molar-refractivity contribution is 0.824. The normalized spacial score (nSPS) is 10.9. The molecule has 0 unspecified atom stereocenters. The van der Waals surface area contributed by atoms with Crippen LogP contribution >= 0.6 is 22.6 Å². The van der Waals surface area contributed by atoms with Gasteiger partial charge < -0.3 is 4.57 Å². The number of nitrogens with zero attached hydrogens (tertiary/aromatic N) is 2. The predicted molar refractivity (Wildman–Crippen MR) is 78.0 cm³/mol. The van der Waals surface area contributed by atoms with Crippen molar-refractivity contribution >= 4 is 33.6 Å². The van der Waals surface area contributed by atoms with E-state index < -0.39 is 0 Å². The highest BCUT2D eigenvalue weighted by Gasteiger charge is 2.06. The number of fused-ring (bicyclic) bond motifs is 1. The summed E-state index contributed by atoms with van der Waals surface area (Å²) < 4.78 is 3.45. The van der Waals surface area contributed by atoms with Crippen molar-refractivity contribution in [3.8, 4) is 0 Å². The molecule has 0 saturated carbocycles. The highest BCUT2D eigenvalue weighted by molar-refractivity contribution is 14.1. The average molecular weight is 334 g/mol. The Morgan fingerprint density at radius 3 is 2.71 bits per heavy atom. The Labute approximate surface area is 113 Å². The van der Waals surface area contributed by atoms with Crippen LogP contribution in [0.25, 0.3) is 11.0 Å². The van der Waals surface area contributed by atoms with Crippen molar-refractivity contribution in [1.82, 2.24) is 9.55 Å². The number of rotatable bonds is 2. The molecule has 2 aromatic heterocycles. The number of benzene rings is 1. The molecule has 0 saturated heterocycles. The van der Waals surface area contributed by atoms with Gasteiger partial charge in [-0.1, -0.05) is 30.3 Å². The van der Waals surface area contributed by atoms with E-state index in [-0.39, 0.29) is 0 Å². The van der Waals surface area contributed by atoms with Crippen molar-refractivity contribution in [3.05, 3.63) is 64.0 Å². The van der Waals surface area contributed by atoms with Gasteiger partial charge in [0.15, 0.2) is 0 Å². The van der Waals surface area contributed by atoms with Gasteiger partial charge in [-0.25, -0.2) is 4.98 Å². The number of pyridine rings is 1. The molecule has 3 heteroatoms. The molecule has 0 aliphatic carbocycles. The second kappa shape index (κ2) is 4.49. The minimum absolute atomic E-state index is 0.872. The summed E-state index contributed by atoms with van der Waals surface area (Å²) in [5.74, 6) is 0. The SMILES string of the molecule is Ic1cn(Cc2ccccc2)c2ncccc12.